The third-order valence-electron chi connectivity index (χ3n) is 5.15. The van der Waals surface area contributed by atoms with Crippen LogP contribution in [-0.4, -0.2) is 47.2 Å². The molecule has 0 aliphatic carbocycles. The molecule has 1 aliphatic heterocycles. The molecule has 2 aromatic rings. The number of anilines is 1. The average molecular weight is 355 g/mol. The number of nitrogens with zero attached hydrogens (tertiary/aromatic N) is 3. The number of nitro benzene ring substituents is 1. The van der Waals surface area contributed by atoms with Gasteiger partial charge in [-0.3, -0.25) is 15.0 Å². The van der Waals surface area contributed by atoms with Crippen molar-refractivity contribution in [2.24, 2.45) is 0 Å². The predicted molar refractivity (Wildman–Crippen MR) is 103 cm³/mol. The summed E-state index contributed by atoms with van der Waals surface area (Å²) < 4.78 is 0. The van der Waals surface area contributed by atoms with Crippen LogP contribution in [0.2, 0.25) is 0 Å². The Bertz CT molecular complexity index is 723. The van der Waals surface area contributed by atoms with Gasteiger partial charge in [0.2, 0.25) is 0 Å². The van der Waals surface area contributed by atoms with E-state index in [1.165, 1.54) is 5.56 Å². The fourth-order valence-corrected chi connectivity index (χ4v) is 3.43. The first-order valence-electron chi connectivity index (χ1n) is 9.04. The molecule has 6 heteroatoms. The first kappa shape index (κ1) is 18.2. The van der Waals surface area contributed by atoms with Gasteiger partial charge in [-0.2, -0.15) is 0 Å². The SMILES string of the molecule is CC(CCc1ccc(O)cc1)N1CCN(c2ccc([N+](=O)[O-])cc2)CC1. The van der Waals surface area contributed by atoms with Crippen LogP contribution in [-0.2, 0) is 6.42 Å². The first-order chi connectivity index (χ1) is 12.5. The number of phenols is 1. The maximum Gasteiger partial charge on any atom is 0.269 e. The lowest BCUT2D eigenvalue weighted by Gasteiger charge is -2.39. The molecule has 0 radical (unpaired) electrons. The molecule has 138 valence electrons. The molecule has 0 spiro atoms. The van der Waals surface area contributed by atoms with Gasteiger partial charge in [0.1, 0.15) is 5.75 Å². The highest BCUT2D eigenvalue weighted by Gasteiger charge is 2.21. The Hall–Kier alpha value is -2.60. The Labute approximate surface area is 153 Å². The van der Waals surface area contributed by atoms with Gasteiger partial charge < -0.3 is 10.0 Å². The van der Waals surface area contributed by atoms with E-state index in [-0.39, 0.29) is 10.6 Å². The van der Waals surface area contributed by atoms with Crippen molar-refractivity contribution in [1.82, 2.24) is 4.90 Å². The molecule has 0 bridgehead atoms. The van der Waals surface area contributed by atoms with Crippen LogP contribution in [0.3, 0.4) is 0 Å². The number of phenolic OH excluding ortho intramolecular Hbond substituents is 1. The zero-order valence-electron chi connectivity index (χ0n) is 15.0. The highest BCUT2D eigenvalue weighted by Crippen LogP contribution is 2.22. The van der Waals surface area contributed by atoms with Gasteiger partial charge in [-0.15, -0.1) is 0 Å². The summed E-state index contributed by atoms with van der Waals surface area (Å²) in [6, 6.07) is 14.8. The summed E-state index contributed by atoms with van der Waals surface area (Å²) in [5, 5.41) is 20.1. The van der Waals surface area contributed by atoms with Crippen LogP contribution in [0.1, 0.15) is 18.9 Å². The molecule has 1 atom stereocenters. The van der Waals surface area contributed by atoms with E-state index in [4.69, 9.17) is 0 Å². The molecule has 1 aliphatic rings. The number of benzene rings is 2. The molecule has 26 heavy (non-hydrogen) atoms. The van der Waals surface area contributed by atoms with E-state index in [1.54, 1.807) is 24.3 Å². The molecule has 6 nitrogen and oxygen atoms in total. The van der Waals surface area contributed by atoms with Crippen molar-refractivity contribution in [3.8, 4) is 5.75 Å². The minimum Gasteiger partial charge on any atom is -0.508 e. The Morgan fingerprint density at radius 3 is 2.23 bits per heavy atom. The molecule has 3 rings (SSSR count). The lowest BCUT2D eigenvalue weighted by atomic mass is 10.0. The second-order valence-corrected chi connectivity index (χ2v) is 6.85. The summed E-state index contributed by atoms with van der Waals surface area (Å²) in [6.45, 7) is 6.12. The summed E-state index contributed by atoms with van der Waals surface area (Å²) >= 11 is 0. The van der Waals surface area contributed by atoms with Crippen molar-refractivity contribution >= 4 is 11.4 Å². The van der Waals surface area contributed by atoms with Crippen LogP contribution in [0.4, 0.5) is 11.4 Å². The average Bonchev–Trinajstić information content (AvgIpc) is 2.67. The van der Waals surface area contributed by atoms with E-state index in [9.17, 15) is 15.2 Å². The van der Waals surface area contributed by atoms with E-state index >= 15 is 0 Å². The minimum atomic E-state index is -0.364. The number of rotatable bonds is 6. The fourth-order valence-electron chi connectivity index (χ4n) is 3.43. The van der Waals surface area contributed by atoms with Crippen molar-refractivity contribution in [1.29, 1.82) is 0 Å². The van der Waals surface area contributed by atoms with E-state index < -0.39 is 0 Å². The van der Waals surface area contributed by atoms with Crippen LogP contribution in [0, 0.1) is 10.1 Å². The molecule has 1 saturated heterocycles. The predicted octanol–water partition coefficient (Wildman–Crippen LogP) is 3.44. The van der Waals surface area contributed by atoms with Crippen LogP contribution in [0.25, 0.3) is 0 Å². The largest absolute Gasteiger partial charge is 0.508 e. The van der Waals surface area contributed by atoms with E-state index in [1.807, 2.05) is 24.3 Å². The highest BCUT2D eigenvalue weighted by molar-refractivity contribution is 5.51. The van der Waals surface area contributed by atoms with Crippen molar-refractivity contribution in [2.45, 2.75) is 25.8 Å². The van der Waals surface area contributed by atoms with Gasteiger partial charge in [0.15, 0.2) is 0 Å². The van der Waals surface area contributed by atoms with Gasteiger partial charge in [-0.05, 0) is 49.6 Å². The van der Waals surface area contributed by atoms with Crippen LogP contribution >= 0.6 is 0 Å². The second kappa shape index (κ2) is 8.19. The van der Waals surface area contributed by atoms with Crippen molar-refractivity contribution in [3.63, 3.8) is 0 Å². The monoisotopic (exact) mass is 355 g/mol. The Morgan fingerprint density at radius 1 is 1.04 bits per heavy atom. The molecule has 1 heterocycles. The third-order valence-corrected chi connectivity index (χ3v) is 5.15. The number of hydrogen-bond acceptors (Lipinski definition) is 5. The quantitative estimate of drug-likeness (QED) is 0.635. The first-order valence-corrected chi connectivity index (χ1v) is 9.04. The van der Waals surface area contributed by atoms with Crippen molar-refractivity contribution in [2.75, 3.05) is 31.1 Å². The number of aryl methyl sites for hydroxylation is 1. The van der Waals surface area contributed by atoms with Gasteiger partial charge >= 0.3 is 0 Å². The topological polar surface area (TPSA) is 69.8 Å². The van der Waals surface area contributed by atoms with E-state index in [0.29, 0.717) is 11.8 Å². The molecule has 0 amide bonds. The normalized spacial score (nSPS) is 16.4. The molecular weight excluding hydrogens is 330 g/mol. The molecule has 0 aromatic heterocycles. The number of piperazine rings is 1. The zero-order chi connectivity index (χ0) is 18.5. The zero-order valence-corrected chi connectivity index (χ0v) is 15.0. The standard InChI is InChI=1S/C20H25N3O3/c1-16(2-3-17-4-10-20(24)11-5-17)21-12-14-22(15-13-21)18-6-8-19(9-7-18)23(25)26/h4-11,16,24H,2-3,12-15H2,1H3. The Balaban J connectivity index is 1.48. The van der Waals surface area contributed by atoms with Gasteiger partial charge in [-0.1, -0.05) is 12.1 Å². The van der Waals surface area contributed by atoms with Gasteiger partial charge in [-0.25, -0.2) is 0 Å². The maximum atomic E-state index is 10.8. The molecule has 1 N–H and O–H groups in total. The summed E-state index contributed by atoms with van der Waals surface area (Å²) in [6.07, 6.45) is 2.09. The molecular formula is C20H25N3O3. The summed E-state index contributed by atoms with van der Waals surface area (Å²) in [5.74, 6) is 0.309. The van der Waals surface area contributed by atoms with Crippen LogP contribution in [0.5, 0.6) is 5.75 Å². The second-order valence-electron chi connectivity index (χ2n) is 6.85. The Morgan fingerprint density at radius 2 is 1.65 bits per heavy atom. The van der Waals surface area contributed by atoms with Crippen molar-refractivity contribution in [3.05, 3.63) is 64.2 Å². The number of nitro groups is 1. The molecule has 1 fully saturated rings. The van der Waals surface area contributed by atoms with Crippen LogP contribution < -0.4 is 4.90 Å². The number of aromatic hydroxyl groups is 1. The minimum absolute atomic E-state index is 0.134. The highest BCUT2D eigenvalue weighted by atomic mass is 16.6. The van der Waals surface area contributed by atoms with Gasteiger partial charge in [0.25, 0.3) is 5.69 Å². The molecule has 2 aromatic carbocycles. The summed E-state index contributed by atoms with van der Waals surface area (Å²) in [5.41, 5.74) is 2.43. The number of non-ortho nitro benzene ring substituents is 1. The third kappa shape index (κ3) is 4.52. The summed E-state index contributed by atoms with van der Waals surface area (Å²) in [4.78, 5) is 15.2. The van der Waals surface area contributed by atoms with Crippen LogP contribution in [0.15, 0.2) is 48.5 Å². The molecule has 0 saturated carbocycles. The van der Waals surface area contributed by atoms with Gasteiger partial charge in [0, 0.05) is 50.0 Å². The van der Waals surface area contributed by atoms with Crippen molar-refractivity contribution < 1.29 is 10.0 Å². The Kier molecular flexibility index (Phi) is 5.73. The van der Waals surface area contributed by atoms with E-state index in [0.717, 1.165) is 44.7 Å². The smallest absolute Gasteiger partial charge is 0.269 e. The lowest BCUT2D eigenvalue weighted by Crippen LogP contribution is -2.49. The number of hydrogen-bond donors (Lipinski definition) is 1. The fraction of sp³-hybridized carbons (Fsp3) is 0.400. The van der Waals surface area contributed by atoms with E-state index in [2.05, 4.69) is 16.7 Å². The molecule has 1 unspecified atom stereocenters. The summed E-state index contributed by atoms with van der Waals surface area (Å²) in [7, 11) is 0. The van der Waals surface area contributed by atoms with Gasteiger partial charge in [0.05, 0.1) is 4.92 Å². The maximum absolute atomic E-state index is 10.8. The lowest BCUT2D eigenvalue weighted by molar-refractivity contribution is -0.384.